The summed E-state index contributed by atoms with van der Waals surface area (Å²) in [6.45, 7) is 5.24. The molecular formula is C9H15F3N2O2. The number of hydrogen-bond donors (Lipinski definition) is 1. The van der Waals surface area contributed by atoms with Gasteiger partial charge < -0.3 is 10.1 Å². The largest absolute Gasteiger partial charge is 0.490 e. The van der Waals surface area contributed by atoms with E-state index in [1.54, 1.807) is 4.90 Å². The molecule has 7 heteroatoms. The first-order chi connectivity index (χ1) is 7.29. The van der Waals surface area contributed by atoms with E-state index in [4.69, 9.17) is 0 Å². The molecule has 0 amide bonds. The minimum absolute atomic E-state index is 0.197. The van der Waals surface area contributed by atoms with Crippen molar-refractivity contribution in [2.45, 2.75) is 25.7 Å². The number of alkyl halides is 3. The first-order valence-corrected chi connectivity index (χ1v) is 5.05. The molecule has 0 aromatic rings. The van der Waals surface area contributed by atoms with Crippen LogP contribution < -0.4 is 5.32 Å². The summed E-state index contributed by atoms with van der Waals surface area (Å²) in [5.41, 5.74) is -1.22. The molecule has 1 fully saturated rings. The van der Waals surface area contributed by atoms with Crippen molar-refractivity contribution < 1.29 is 22.7 Å². The van der Waals surface area contributed by atoms with Gasteiger partial charge in [-0.15, -0.1) is 0 Å². The lowest BCUT2D eigenvalue weighted by Crippen LogP contribution is -2.62. The predicted octanol–water partition coefficient (Wildman–Crippen LogP) is 0.733. The molecular weight excluding hydrogens is 225 g/mol. The Labute approximate surface area is 91.7 Å². The van der Waals surface area contributed by atoms with Gasteiger partial charge in [-0.3, -0.25) is 4.90 Å². The number of esters is 1. The van der Waals surface area contributed by atoms with Crippen LogP contribution in [-0.2, 0) is 9.53 Å². The van der Waals surface area contributed by atoms with Crippen LogP contribution in [0.1, 0.15) is 13.8 Å². The Hall–Kier alpha value is -0.820. The van der Waals surface area contributed by atoms with Gasteiger partial charge in [0.25, 0.3) is 0 Å². The number of nitrogens with zero attached hydrogens (tertiary/aromatic N) is 1. The summed E-state index contributed by atoms with van der Waals surface area (Å²) in [6, 6.07) is 0. The zero-order valence-corrected chi connectivity index (χ0v) is 9.23. The van der Waals surface area contributed by atoms with Gasteiger partial charge in [0.1, 0.15) is 0 Å². The van der Waals surface area contributed by atoms with Crippen molar-refractivity contribution in [3.8, 4) is 0 Å². The number of likely N-dealkylation sites (N-methyl/N-ethyl adjacent to an activating group) is 1. The lowest BCUT2D eigenvalue weighted by molar-refractivity contribution is -0.230. The third kappa shape index (κ3) is 2.85. The monoisotopic (exact) mass is 240 g/mol. The van der Waals surface area contributed by atoms with Gasteiger partial charge in [0.15, 0.2) is 5.72 Å². The van der Waals surface area contributed by atoms with Gasteiger partial charge in [-0.2, -0.15) is 13.2 Å². The van der Waals surface area contributed by atoms with Crippen LogP contribution in [0.3, 0.4) is 0 Å². The van der Waals surface area contributed by atoms with Crippen molar-refractivity contribution >= 4 is 5.97 Å². The van der Waals surface area contributed by atoms with Gasteiger partial charge in [0, 0.05) is 19.6 Å². The van der Waals surface area contributed by atoms with Gasteiger partial charge in [0.05, 0.1) is 0 Å². The van der Waals surface area contributed by atoms with Crippen LogP contribution in [0.4, 0.5) is 13.2 Å². The summed E-state index contributed by atoms with van der Waals surface area (Å²) < 4.78 is 40.8. The third-order valence-corrected chi connectivity index (χ3v) is 2.61. The lowest BCUT2D eigenvalue weighted by atomic mass is 10.1. The van der Waals surface area contributed by atoms with Gasteiger partial charge in [-0.05, 0) is 13.5 Å². The maximum absolute atomic E-state index is 12.1. The normalized spacial score (nSPS) is 27.8. The van der Waals surface area contributed by atoms with Gasteiger partial charge in [-0.1, -0.05) is 6.92 Å². The highest BCUT2D eigenvalue weighted by Gasteiger charge is 2.47. The minimum Gasteiger partial charge on any atom is -0.436 e. The smallest absolute Gasteiger partial charge is 0.436 e. The number of carbonyl (C=O) groups excluding carboxylic acids is 1. The summed E-state index contributed by atoms with van der Waals surface area (Å²) in [7, 11) is 0. The van der Waals surface area contributed by atoms with E-state index in [1.165, 1.54) is 6.92 Å². The van der Waals surface area contributed by atoms with E-state index in [0.29, 0.717) is 19.6 Å². The summed E-state index contributed by atoms with van der Waals surface area (Å²) >= 11 is 0. The molecule has 0 bridgehead atoms. The third-order valence-electron chi connectivity index (χ3n) is 2.61. The van der Waals surface area contributed by atoms with Crippen LogP contribution in [0.5, 0.6) is 0 Å². The maximum Gasteiger partial charge on any atom is 0.490 e. The zero-order chi connectivity index (χ0) is 12.4. The number of ether oxygens (including phenoxy) is 1. The van der Waals surface area contributed by atoms with E-state index in [-0.39, 0.29) is 6.54 Å². The van der Waals surface area contributed by atoms with Crippen molar-refractivity contribution in [1.82, 2.24) is 10.2 Å². The highest BCUT2D eigenvalue weighted by atomic mass is 19.4. The first kappa shape index (κ1) is 13.2. The Morgan fingerprint density at radius 1 is 1.56 bits per heavy atom. The maximum atomic E-state index is 12.1. The first-order valence-electron chi connectivity index (χ1n) is 5.05. The highest BCUT2D eigenvalue weighted by molar-refractivity contribution is 5.76. The van der Waals surface area contributed by atoms with Gasteiger partial charge in [-0.25, -0.2) is 4.79 Å². The van der Waals surface area contributed by atoms with E-state index >= 15 is 0 Å². The van der Waals surface area contributed by atoms with E-state index < -0.39 is 17.9 Å². The molecule has 94 valence electrons. The molecule has 1 atom stereocenters. The van der Waals surface area contributed by atoms with Crippen LogP contribution in [0, 0.1) is 0 Å². The Morgan fingerprint density at radius 3 is 2.69 bits per heavy atom. The predicted molar refractivity (Wildman–Crippen MR) is 50.7 cm³/mol. The number of carbonyl (C=O) groups is 1. The summed E-state index contributed by atoms with van der Waals surface area (Å²) in [6.07, 6.45) is -4.94. The average molecular weight is 240 g/mol. The molecule has 0 spiro atoms. The highest BCUT2D eigenvalue weighted by Crippen LogP contribution is 2.24. The molecule has 1 N–H and O–H groups in total. The Bertz CT molecular complexity index is 270. The Balaban J connectivity index is 2.72. The number of rotatable bonds is 2. The standard InChI is InChI=1S/C9H15F3N2O2/c1-3-14-5-4-13-6-8(14,2)16-7(15)9(10,11)12/h13H,3-6H2,1-2H3/t8-/m0/s1. The number of piperazine rings is 1. The second-order valence-corrected chi connectivity index (χ2v) is 3.82. The number of hydrogen-bond acceptors (Lipinski definition) is 4. The second-order valence-electron chi connectivity index (χ2n) is 3.82. The van der Waals surface area contributed by atoms with Gasteiger partial charge >= 0.3 is 12.1 Å². The quantitative estimate of drug-likeness (QED) is 0.723. The number of nitrogens with one attached hydrogen (secondary N) is 1. The number of halogens is 3. The topological polar surface area (TPSA) is 41.6 Å². The van der Waals surface area contributed by atoms with Crippen LogP contribution in [-0.4, -0.2) is 48.9 Å². The molecule has 1 heterocycles. The van der Waals surface area contributed by atoms with Crippen LogP contribution in [0.25, 0.3) is 0 Å². The molecule has 0 saturated carbocycles. The molecule has 16 heavy (non-hydrogen) atoms. The molecule has 1 saturated heterocycles. The Kier molecular flexibility index (Phi) is 3.80. The Morgan fingerprint density at radius 2 is 2.19 bits per heavy atom. The van der Waals surface area contributed by atoms with E-state index in [0.717, 1.165) is 0 Å². The molecule has 0 radical (unpaired) electrons. The van der Waals surface area contributed by atoms with Crippen molar-refractivity contribution in [3.05, 3.63) is 0 Å². The second kappa shape index (κ2) is 4.58. The van der Waals surface area contributed by atoms with E-state index in [9.17, 15) is 18.0 Å². The average Bonchev–Trinajstić information content (AvgIpc) is 2.16. The molecule has 0 aromatic carbocycles. The fourth-order valence-corrected chi connectivity index (χ4v) is 1.73. The zero-order valence-electron chi connectivity index (χ0n) is 9.23. The van der Waals surface area contributed by atoms with Crippen molar-refractivity contribution in [2.75, 3.05) is 26.2 Å². The summed E-state index contributed by atoms with van der Waals surface area (Å²) in [5, 5.41) is 2.91. The molecule has 0 aromatic heterocycles. The van der Waals surface area contributed by atoms with E-state index in [1.807, 2.05) is 6.92 Å². The molecule has 4 nitrogen and oxygen atoms in total. The molecule has 1 aliphatic rings. The van der Waals surface area contributed by atoms with Crippen LogP contribution >= 0.6 is 0 Å². The van der Waals surface area contributed by atoms with Crippen molar-refractivity contribution in [3.63, 3.8) is 0 Å². The molecule has 0 aliphatic carbocycles. The van der Waals surface area contributed by atoms with Crippen molar-refractivity contribution in [1.29, 1.82) is 0 Å². The SMILES string of the molecule is CCN1CCNC[C@]1(C)OC(=O)C(F)(F)F. The fraction of sp³-hybridized carbons (Fsp3) is 0.889. The lowest BCUT2D eigenvalue weighted by Gasteiger charge is -2.43. The minimum atomic E-state index is -4.94. The fourth-order valence-electron chi connectivity index (χ4n) is 1.73. The molecule has 1 rings (SSSR count). The van der Waals surface area contributed by atoms with E-state index in [2.05, 4.69) is 10.1 Å². The van der Waals surface area contributed by atoms with Crippen molar-refractivity contribution in [2.24, 2.45) is 0 Å². The summed E-state index contributed by atoms with van der Waals surface area (Å²) in [4.78, 5) is 12.5. The van der Waals surface area contributed by atoms with Gasteiger partial charge in [0.2, 0.25) is 0 Å². The van der Waals surface area contributed by atoms with Crippen LogP contribution in [0.15, 0.2) is 0 Å². The summed E-state index contributed by atoms with van der Waals surface area (Å²) in [5.74, 6) is -2.14. The van der Waals surface area contributed by atoms with Crippen LogP contribution in [0.2, 0.25) is 0 Å². The molecule has 1 aliphatic heterocycles. The molecule has 0 unspecified atom stereocenters.